The molecule has 1 aromatic carbocycles. The van der Waals surface area contributed by atoms with Crippen LogP contribution in [0.2, 0.25) is 0 Å². The summed E-state index contributed by atoms with van der Waals surface area (Å²) in [5.74, 6) is 2.35. The number of fused-ring (bicyclic) bond motifs is 1. The van der Waals surface area contributed by atoms with E-state index in [1.165, 1.54) is 5.39 Å². The van der Waals surface area contributed by atoms with Gasteiger partial charge in [-0.3, -0.25) is 4.98 Å². The van der Waals surface area contributed by atoms with E-state index < -0.39 is 0 Å². The second-order valence-corrected chi connectivity index (χ2v) is 9.35. The fraction of sp³-hybridized carbons (Fsp3) is 0.348. The molecule has 0 unspecified atom stereocenters. The van der Waals surface area contributed by atoms with Gasteiger partial charge in [-0.25, -0.2) is 9.98 Å². The standard InChI is InChI=1S/C23H24N6OS/c1-13(2)25-22(24-11-20-29-28-14(3)31-20)21-23(27-21)30-12-16-10-17(16)19-9-8-15-6-4-5-7-18(15)26-19/h4-9,16-17,24H,10-12H2,1-3H3/b22-21+/t16-,17+/m1/s1. The number of pyridine rings is 1. The average molecular weight is 433 g/mol. The van der Waals surface area contributed by atoms with E-state index >= 15 is 0 Å². The summed E-state index contributed by atoms with van der Waals surface area (Å²) in [4.78, 5) is 13.8. The third-order valence-electron chi connectivity index (χ3n) is 5.26. The molecular weight excluding hydrogens is 408 g/mol. The fourth-order valence-electron chi connectivity index (χ4n) is 3.56. The van der Waals surface area contributed by atoms with Gasteiger partial charge in [0.15, 0.2) is 11.5 Å². The van der Waals surface area contributed by atoms with Crippen molar-refractivity contribution in [2.75, 3.05) is 6.61 Å². The van der Waals surface area contributed by atoms with Gasteiger partial charge >= 0.3 is 0 Å². The Labute approximate surface area is 185 Å². The minimum absolute atomic E-state index is 0.463. The number of aromatic nitrogens is 3. The second-order valence-electron chi connectivity index (χ2n) is 8.08. The van der Waals surface area contributed by atoms with Crippen LogP contribution in [0.5, 0.6) is 0 Å². The highest BCUT2D eigenvalue weighted by Gasteiger charge is 2.41. The van der Waals surface area contributed by atoms with Crippen LogP contribution in [0.1, 0.15) is 41.9 Å². The molecule has 7 nitrogen and oxygen atoms in total. The van der Waals surface area contributed by atoms with Gasteiger partial charge in [0.2, 0.25) is 5.90 Å². The summed E-state index contributed by atoms with van der Waals surface area (Å²) in [6.45, 7) is 7.10. The number of nitrogens with one attached hydrogen (secondary N) is 1. The van der Waals surface area contributed by atoms with Crippen molar-refractivity contribution in [3.8, 4) is 0 Å². The Morgan fingerprint density at radius 3 is 2.87 bits per heavy atom. The van der Waals surface area contributed by atoms with Crippen LogP contribution < -0.4 is 5.32 Å². The molecule has 31 heavy (non-hydrogen) atoms. The Morgan fingerprint density at radius 1 is 1.19 bits per heavy atom. The van der Waals surface area contributed by atoms with E-state index in [0.29, 0.717) is 30.9 Å². The van der Waals surface area contributed by atoms with Crippen molar-refractivity contribution in [3.63, 3.8) is 0 Å². The first-order valence-electron chi connectivity index (χ1n) is 10.4. The molecule has 5 rings (SSSR count). The van der Waals surface area contributed by atoms with Crippen molar-refractivity contribution in [2.45, 2.75) is 39.7 Å². The lowest BCUT2D eigenvalue weighted by atomic mass is 10.1. The zero-order valence-electron chi connectivity index (χ0n) is 17.8. The van der Waals surface area contributed by atoms with Gasteiger partial charge in [-0.2, -0.15) is 0 Å². The molecule has 8 heteroatoms. The largest absolute Gasteiger partial charge is 0.476 e. The summed E-state index contributed by atoms with van der Waals surface area (Å²) in [6.07, 6.45) is 1.10. The van der Waals surface area contributed by atoms with E-state index in [1.54, 1.807) is 11.3 Å². The summed E-state index contributed by atoms with van der Waals surface area (Å²) >= 11 is 1.57. The van der Waals surface area contributed by atoms with E-state index in [4.69, 9.17) is 9.72 Å². The van der Waals surface area contributed by atoms with Crippen molar-refractivity contribution in [3.05, 3.63) is 63.6 Å². The summed E-state index contributed by atoms with van der Waals surface area (Å²) in [6, 6.07) is 12.5. The third-order valence-corrected chi connectivity index (χ3v) is 6.10. The molecule has 0 spiro atoms. The normalized spacial score (nSPS) is 20.8. The lowest BCUT2D eigenvalue weighted by molar-refractivity contribution is 0.293. The maximum absolute atomic E-state index is 5.98. The number of aliphatic imine (C=N–C) groups is 2. The highest BCUT2D eigenvalue weighted by atomic mass is 32.1. The maximum Gasteiger partial charge on any atom is 0.244 e. The quantitative estimate of drug-likeness (QED) is 0.561. The first-order valence-corrected chi connectivity index (χ1v) is 11.2. The molecule has 0 saturated heterocycles. The topological polar surface area (TPSA) is 84.7 Å². The molecule has 1 fully saturated rings. The van der Waals surface area contributed by atoms with Crippen LogP contribution in [-0.4, -0.2) is 33.4 Å². The maximum atomic E-state index is 5.98. The number of nitrogens with zero attached hydrogens (tertiary/aromatic N) is 5. The number of hydrogen-bond donors (Lipinski definition) is 1. The molecule has 0 radical (unpaired) electrons. The summed E-state index contributed by atoms with van der Waals surface area (Å²) < 4.78 is 5.98. The van der Waals surface area contributed by atoms with Crippen molar-refractivity contribution < 1.29 is 4.74 Å². The lowest BCUT2D eigenvalue weighted by Crippen LogP contribution is -2.14. The van der Waals surface area contributed by atoms with E-state index in [-0.39, 0.29) is 0 Å². The molecule has 3 aromatic rings. The molecule has 1 N–H and O–H groups in total. The molecule has 2 atom stereocenters. The lowest BCUT2D eigenvalue weighted by Gasteiger charge is -2.05. The summed E-state index contributed by atoms with van der Waals surface area (Å²) in [7, 11) is 0. The van der Waals surface area contributed by atoms with Crippen LogP contribution in [0.15, 0.2) is 57.9 Å². The van der Waals surface area contributed by atoms with Crippen LogP contribution >= 0.6 is 11.3 Å². The predicted octanol–water partition coefficient (Wildman–Crippen LogP) is 4.37. The number of aryl methyl sites for hydroxylation is 1. The van der Waals surface area contributed by atoms with Gasteiger partial charge in [0.05, 0.1) is 18.7 Å². The highest BCUT2D eigenvalue weighted by molar-refractivity contribution is 7.11. The van der Waals surface area contributed by atoms with Gasteiger partial charge in [0.1, 0.15) is 10.0 Å². The average Bonchev–Trinajstić information content (AvgIpc) is 3.66. The molecule has 1 aliphatic carbocycles. The van der Waals surface area contributed by atoms with Gasteiger partial charge in [0.25, 0.3) is 0 Å². The Bertz CT molecular complexity index is 1220. The van der Waals surface area contributed by atoms with Crippen LogP contribution in [-0.2, 0) is 11.3 Å². The van der Waals surface area contributed by atoms with Crippen molar-refractivity contribution in [2.24, 2.45) is 15.9 Å². The van der Waals surface area contributed by atoms with Crippen molar-refractivity contribution >= 4 is 33.8 Å². The molecule has 2 aromatic heterocycles. The number of rotatable bonds is 7. The van der Waals surface area contributed by atoms with Gasteiger partial charge in [0, 0.05) is 28.6 Å². The fourth-order valence-corrected chi connectivity index (χ4v) is 4.21. The first-order chi connectivity index (χ1) is 15.1. The van der Waals surface area contributed by atoms with Crippen LogP contribution in [0.4, 0.5) is 0 Å². The number of para-hydroxylation sites is 1. The SMILES string of the molecule is CC(C)=N/C(NCc1nnc(C)s1)=C1N=C/1OC[C@H]1C[C@@H]1c1ccc2ccccc2n1. The molecule has 158 valence electrons. The smallest absolute Gasteiger partial charge is 0.244 e. The third kappa shape index (κ3) is 4.64. The summed E-state index contributed by atoms with van der Waals surface area (Å²) in [5.41, 5.74) is 3.96. The van der Waals surface area contributed by atoms with Gasteiger partial charge in [-0.15, -0.1) is 10.2 Å². The Balaban J connectivity index is 1.17. The van der Waals surface area contributed by atoms with Crippen LogP contribution in [0, 0.1) is 12.8 Å². The molecule has 2 aliphatic rings. The Kier molecular flexibility index (Phi) is 5.23. The van der Waals surface area contributed by atoms with Gasteiger partial charge in [-0.1, -0.05) is 35.6 Å². The van der Waals surface area contributed by atoms with E-state index in [0.717, 1.165) is 44.9 Å². The minimum Gasteiger partial charge on any atom is -0.476 e. The zero-order chi connectivity index (χ0) is 21.4. The Morgan fingerprint density at radius 2 is 2.06 bits per heavy atom. The van der Waals surface area contributed by atoms with Crippen LogP contribution in [0.3, 0.4) is 0 Å². The first kappa shape index (κ1) is 19.8. The van der Waals surface area contributed by atoms with Crippen molar-refractivity contribution in [1.82, 2.24) is 20.5 Å². The van der Waals surface area contributed by atoms with E-state index in [1.807, 2.05) is 32.9 Å². The molecule has 1 saturated carbocycles. The minimum atomic E-state index is 0.463. The van der Waals surface area contributed by atoms with E-state index in [2.05, 4.69) is 49.8 Å². The number of benzene rings is 1. The molecule has 1 aliphatic heterocycles. The van der Waals surface area contributed by atoms with Crippen molar-refractivity contribution in [1.29, 1.82) is 0 Å². The number of hydrogen-bond acceptors (Lipinski definition) is 8. The summed E-state index contributed by atoms with van der Waals surface area (Å²) in [5, 5.41) is 14.6. The molecule has 0 amide bonds. The molecule has 3 heterocycles. The van der Waals surface area contributed by atoms with Crippen LogP contribution in [0.25, 0.3) is 10.9 Å². The number of ether oxygens (including phenoxy) is 1. The molecular formula is C23H24N6OS. The van der Waals surface area contributed by atoms with Gasteiger partial charge in [-0.05, 0) is 39.3 Å². The monoisotopic (exact) mass is 432 g/mol. The predicted molar refractivity (Wildman–Crippen MR) is 123 cm³/mol. The highest BCUT2D eigenvalue weighted by Crippen LogP contribution is 2.47. The van der Waals surface area contributed by atoms with Gasteiger partial charge < -0.3 is 10.1 Å². The molecule has 0 bridgehead atoms. The second kappa shape index (κ2) is 8.19. The van der Waals surface area contributed by atoms with E-state index in [9.17, 15) is 0 Å². The Hall–Kier alpha value is -3.13. The zero-order valence-corrected chi connectivity index (χ0v) is 18.6.